The molecule has 0 aliphatic heterocycles. The van der Waals surface area contributed by atoms with E-state index in [0.717, 1.165) is 12.5 Å². The van der Waals surface area contributed by atoms with Crippen LogP contribution in [0.15, 0.2) is 18.2 Å². The summed E-state index contributed by atoms with van der Waals surface area (Å²) in [7, 11) is 0. The van der Waals surface area contributed by atoms with Gasteiger partial charge < -0.3 is 15.7 Å². The number of aliphatic hydroxyl groups is 1. The molecular formula is C13H19F3N2O. The fourth-order valence-electron chi connectivity index (χ4n) is 1.96. The Balaban J connectivity index is 3.15. The molecule has 19 heavy (non-hydrogen) atoms. The summed E-state index contributed by atoms with van der Waals surface area (Å²) < 4.78 is 38.8. The molecule has 0 aromatic heterocycles. The normalized spacial score (nSPS) is 11.7. The van der Waals surface area contributed by atoms with Gasteiger partial charge in [0, 0.05) is 25.3 Å². The molecule has 0 aliphatic carbocycles. The Morgan fingerprint density at radius 3 is 2.42 bits per heavy atom. The summed E-state index contributed by atoms with van der Waals surface area (Å²) >= 11 is 0. The van der Waals surface area contributed by atoms with Gasteiger partial charge in [-0.1, -0.05) is 13.0 Å². The van der Waals surface area contributed by atoms with E-state index in [-0.39, 0.29) is 18.7 Å². The standard InChI is InChI=1S/C13H19F3N2O/c1-2-5-18(6-7-19)11-4-3-10(9-17)12(8-11)13(14,15)16/h3-4,8,19H,2,5-7,9,17H2,1H3. The average Bonchev–Trinajstić information content (AvgIpc) is 2.37. The first kappa shape index (κ1) is 15.8. The van der Waals surface area contributed by atoms with Gasteiger partial charge in [0.25, 0.3) is 0 Å². The van der Waals surface area contributed by atoms with E-state index in [1.165, 1.54) is 6.07 Å². The number of nitrogens with two attached hydrogens (primary N) is 1. The fourth-order valence-corrected chi connectivity index (χ4v) is 1.96. The Kier molecular flexibility index (Phi) is 5.62. The molecule has 3 N–H and O–H groups in total. The SMILES string of the molecule is CCCN(CCO)c1ccc(CN)c(C(F)(F)F)c1. The van der Waals surface area contributed by atoms with Crippen LogP contribution in [0.4, 0.5) is 18.9 Å². The Morgan fingerprint density at radius 1 is 1.26 bits per heavy atom. The van der Waals surface area contributed by atoms with Crippen LogP contribution in [0.5, 0.6) is 0 Å². The zero-order valence-corrected chi connectivity index (χ0v) is 10.9. The Hall–Kier alpha value is -1.27. The average molecular weight is 276 g/mol. The molecule has 0 radical (unpaired) electrons. The van der Waals surface area contributed by atoms with Gasteiger partial charge in [0.15, 0.2) is 0 Å². The van der Waals surface area contributed by atoms with Crippen molar-refractivity contribution in [3.8, 4) is 0 Å². The van der Waals surface area contributed by atoms with Crippen LogP contribution in [0.3, 0.4) is 0 Å². The first-order valence-electron chi connectivity index (χ1n) is 6.20. The smallest absolute Gasteiger partial charge is 0.395 e. The minimum Gasteiger partial charge on any atom is -0.395 e. The lowest BCUT2D eigenvalue weighted by Crippen LogP contribution is -2.28. The Bertz CT molecular complexity index is 401. The maximum absolute atomic E-state index is 12.9. The van der Waals surface area contributed by atoms with Crippen molar-refractivity contribution < 1.29 is 18.3 Å². The van der Waals surface area contributed by atoms with Gasteiger partial charge in [-0.05, 0) is 24.1 Å². The van der Waals surface area contributed by atoms with Crippen molar-refractivity contribution >= 4 is 5.69 Å². The lowest BCUT2D eigenvalue weighted by atomic mass is 10.1. The highest BCUT2D eigenvalue weighted by molar-refractivity contribution is 5.52. The van der Waals surface area contributed by atoms with Crippen molar-refractivity contribution in [2.24, 2.45) is 5.73 Å². The quantitative estimate of drug-likeness (QED) is 0.838. The molecule has 0 saturated heterocycles. The minimum absolute atomic E-state index is 0.0803. The molecule has 108 valence electrons. The second-order valence-corrected chi connectivity index (χ2v) is 4.25. The summed E-state index contributed by atoms with van der Waals surface area (Å²) in [6.45, 7) is 2.60. The number of hydrogen-bond donors (Lipinski definition) is 2. The van der Waals surface area contributed by atoms with Gasteiger partial charge in [0.2, 0.25) is 0 Å². The van der Waals surface area contributed by atoms with Crippen LogP contribution in [0.2, 0.25) is 0 Å². The summed E-state index contributed by atoms with van der Waals surface area (Å²) in [5.41, 5.74) is 5.17. The highest BCUT2D eigenvalue weighted by atomic mass is 19.4. The Labute approximate surface area is 110 Å². The van der Waals surface area contributed by atoms with E-state index in [2.05, 4.69) is 0 Å². The van der Waals surface area contributed by atoms with E-state index in [9.17, 15) is 13.2 Å². The molecule has 0 unspecified atom stereocenters. The first-order valence-corrected chi connectivity index (χ1v) is 6.20. The topological polar surface area (TPSA) is 49.5 Å². The molecule has 0 atom stereocenters. The lowest BCUT2D eigenvalue weighted by molar-refractivity contribution is -0.138. The van der Waals surface area contributed by atoms with Gasteiger partial charge in [-0.3, -0.25) is 0 Å². The number of halogens is 3. The molecule has 1 aromatic rings. The van der Waals surface area contributed by atoms with Gasteiger partial charge in [-0.25, -0.2) is 0 Å². The number of anilines is 1. The molecule has 3 nitrogen and oxygen atoms in total. The third-order valence-corrected chi connectivity index (χ3v) is 2.85. The van der Waals surface area contributed by atoms with Gasteiger partial charge >= 0.3 is 6.18 Å². The number of nitrogens with zero attached hydrogens (tertiary/aromatic N) is 1. The third-order valence-electron chi connectivity index (χ3n) is 2.85. The monoisotopic (exact) mass is 276 g/mol. The van der Waals surface area contributed by atoms with Crippen LogP contribution in [0.25, 0.3) is 0 Å². The largest absolute Gasteiger partial charge is 0.416 e. The maximum Gasteiger partial charge on any atom is 0.416 e. The van der Waals surface area contributed by atoms with Crippen molar-refractivity contribution in [3.63, 3.8) is 0 Å². The van der Waals surface area contributed by atoms with E-state index in [4.69, 9.17) is 10.8 Å². The summed E-state index contributed by atoms with van der Waals surface area (Å²) in [6, 6.07) is 4.12. The molecular weight excluding hydrogens is 257 g/mol. The zero-order chi connectivity index (χ0) is 14.5. The lowest BCUT2D eigenvalue weighted by Gasteiger charge is -2.25. The van der Waals surface area contributed by atoms with Crippen molar-refractivity contribution in [2.45, 2.75) is 26.1 Å². The van der Waals surface area contributed by atoms with Crippen molar-refractivity contribution in [1.82, 2.24) is 0 Å². The van der Waals surface area contributed by atoms with Crippen LogP contribution < -0.4 is 10.6 Å². The number of alkyl halides is 3. The fraction of sp³-hybridized carbons (Fsp3) is 0.538. The number of aliphatic hydroxyl groups excluding tert-OH is 1. The molecule has 1 aromatic carbocycles. The first-order chi connectivity index (χ1) is 8.93. The summed E-state index contributed by atoms with van der Waals surface area (Å²) in [5, 5.41) is 8.97. The molecule has 0 saturated carbocycles. The third kappa shape index (κ3) is 4.11. The predicted molar refractivity (Wildman–Crippen MR) is 68.9 cm³/mol. The number of benzene rings is 1. The van der Waals surface area contributed by atoms with Crippen molar-refractivity contribution in [3.05, 3.63) is 29.3 Å². The van der Waals surface area contributed by atoms with Gasteiger partial charge in [0.05, 0.1) is 12.2 Å². The van der Waals surface area contributed by atoms with Gasteiger partial charge in [-0.2, -0.15) is 13.2 Å². The number of hydrogen-bond acceptors (Lipinski definition) is 3. The van der Waals surface area contributed by atoms with E-state index in [1.54, 1.807) is 11.0 Å². The summed E-state index contributed by atoms with van der Waals surface area (Å²) in [5.74, 6) is 0. The highest BCUT2D eigenvalue weighted by Crippen LogP contribution is 2.34. The molecule has 0 fully saturated rings. The summed E-state index contributed by atoms with van der Waals surface area (Å²) in [4.78, 5) is 1.73. The minimum atomic E-state index is -4.41. The molecule has 6 heteroatoms. The van der Waals surface area contributed by atoms with Crippen LogP contribution in [0.1, 0.15) is 24.5 Å². The van der Waals surface area contributed by atoms with Crippen LogP contribution in [-0.4, -0.2) is 24.8 Å². The molecule has 0 spiro atoms. The van der Waals surface area contributed by atoms with Crippen molar-refractivity contribution in [1.29, 1.82) is 0 Å². The molecule has 0 aliphatic rings. The van der Waals surface area contributed by atoms with E-state index < -0.39 is 11.7 Å². The van der Waals surface area contributed by atoms with E-state index >= 15 is 0 Å². The van der Waals surface area contributed by atoms with Crippen LogP contribution >= 0.6 is 0 Å². The van der Waals surface area contributed by atoms with Gasteiger partial charge in [-0.15, -0.1) is 0 Å². The predicted octanol–water partition coefficient (Wildman–Crippen LogP) is 2.37. The van der Waals surface area contributed by atoms with Crippen LogP contribution in [-0.2, 0) is 12.7 Å². The van der Waals surface area contributed by atoms with Crippen molar-refractivity contribution in [2.75, 3.05) is 24.6 Å². The molecule has 0 amide bonds. The second kappa shape index (κ2) is 6.77. The summed E-state index contributed by atoms with van der Waals surface area (Å²) in [6.07, 6.45) is -3.62. The number of rotatable bonds is 6. The van der Waals surface area contributed by atoms with E-state index in [0.29, 0.717) is 18.8 Å². The highest BCUT2D eigenvalue weighted by Gasteiger charge is 2.33. The molecule has 0 bridgehead atoms. The van der Waals surface area contributed by atoms with Gasteiger partial charge in [0.1, 0.15) is 0 Å². The second-order valence-electron chi connectivity index (χ2n) is 4.25. The molecule has 1 rings (SSSR count). The Morgan fingerprint density at radius 2 is 1.95 bits per heavy atom. The van der Waals surface area contributed by atoms with Crippen LogP contribution in [0, 0.1) is 0 Å². The maximum atomic E-state index is 12.9. The zero-order valence-electron chi connectivity index (χ0n) is 10.9. The molecule has 0 heterocycles. The van der Waals surface area contributed by atoms with E-state index in [1.807, 2.05) is 6.92 Å².